The van der Waals surface area contributed by atoms with Crippen molar-refractivity contribution in [3.63, 3.8) is 0 Å². The molecule has 3 N–H and O–H groups in total. The second kappa shape index (κ2) is 15.5. The highest BCUT2D eigenvalue weighted by atomic mass is 79.9. The number of nitrogens with zero attached hydrogens (tertiary/aromatic N) is 1. The molecule has 0 unspecified atom stereocenters. The van der Waals surface area contributed by atoms with Crippen LogP contribution in [0.1, 0.15) is 25.3 Å². The number of anilines is 2. The number of methoxy groups -OCH3 is 1. The summed E-state index contributed by atoms with van der Waals surface area (Å²) < 4.78 is 17.1. The summed E-state index contributed by atoms with van der Waals surface area (Å²) in [5.74, 6) is -0.958. The monoisotopic (exact) mass is 630 g/mol. The lowest BCUT2D eigenvalue weighted by Crippen LogP contribution is -2.32. The van der Waals surface area contributed by atoms with Gasteiger partial charge < -0.3 is 24.8 Å². The number of hydrogen-bond donors (Lipinski definition) is 3. The molecule has 3 aromatic rings. The van der Waals surface area contributed by atoms with E-state index in [1.807, 2.05) is 0 Å². The Morgan fingerprint density at radius 1 is 1.00 bits per heavy atom. The third kappa shape index (κ3) is 9.28. The van der Waals surface area contributed by atoms with Crippen LogP contribution in [0.15, 0.2) is 70.2 Å². The molecule has 0 saturated carbocycles. The maximum Gasteiger partial charge on any atom is 0.329 e. The fourth-order valence-electron chi connectivity index (χ4n) is 3.21. The number of carbonyl (C=O) groups is 3. The van der Waals surface area contributed by atoms with E-state index >= 15 is 0 Å². The Balaban J connectivity index is 1.53. The number of unbranched alkanes of at least 4 members (excludes halogenated alkanes) is 1. The summed E-state index contributed by atoms with van der Waals surface area (Å²) in [5.41, 5.74) is 3.61. The molecule has 210 valence electrons. The quantitative estimate of drug-likeness (QED) is 0.106. The lowest BCUT2D eigenvalue weighted by molar-refractivity contribution is -0.136. The summed E-state index contributed by atoms with van der Waals surface area (Å²) in [4.78, 5) is 36.7. The lowest BCUT2D eigenvalue weighted by atomic mass is 10.2. The fraction of sp³-hybridized carbons (Fsp3) is 0.214. The predicted octanol–water partition coefficient (Wildman–Crippen LogP) is 5.40. The largest absolute Gasteiger partial charge is 0.494 e. The van der Waals surface area contributed by atoms with Gasteiger partial charge in [0.1, 0.15) is 5.75 Å². The minimum absolute atomic E-state index is 0.291. The van der Waals surface area contributed by atoms with Crippen LogP contribution < -0.4 is 30.3 Å². The first-order chi connectivity index (χ1) is 19.3. The van der Waals surface area contributed by atoms with Gasteiger partial charge in [0.25, 0.3) is 5.91 Å². The first kappa shape index (κ1) is 30.5. The molecule has 0 atom stereocenters. The van der Waals surface area contributed by atoms with Crippen LogP contribution in [-0.2, 0) is 14.4 Å². The third-order valence-corrected chi connectivity index (χ3v) is 6.13. The number of nitrogens with one attached hydrogen (secondary N) is 3. The van der Waals surface area contributed by atoms with Crippen LogP contribution >= 0.6 is 27.5 Å². The highest BCUT2D eigenvalue weighted by Crippen LogP contribution is 2.36. The number of benzene rings is 3. The molecule has 0 aromatic heterocycles. The standard InChI is InChI=1S/C28H28BrClN4O6/c1-3-4-13-39-20-11-9-19(10-12-20)32-27(36)28(37)34-31-16-18-14-21(29)26(24(15-18)38-2)40-17-25(35)33-23-8-6-5-7-22(23)30/h5-12,14-16H,3-4,13,17H2,1-2H3,(H,32,36)(H,33,35)(H,34,37)/b31-16-. The minimum Gasteiger partial charge on any atom is -0.494 e. The van der Waals surface area contributed by atoms with Gasteiger partial charge in [-0.2, -0.15) is 5.10 Å². The molecule has 0 saturated heterocycles. The second-order valence-electron chi connectivity index (χ2n) is 8.23. The zero-order valence-electron chi connectivity index (χ0n) is 21.8. The summed E-state index contributed by atoms with van der Waals surface area (Å²) in [5, 5.41) is 9.41. The van der Waals surface area contributed by atoms with Crippen molar-refractivity contribution in [3.05, 3.63) is 75.7 Å². The van der Waals surface area contributed by atoms with Gasteiger partial charge in [0.05, 0.1) is 35.1 Å². The molecule has 3 amide bonds. The Labute approximate surface area is 245 Å². The zero-order chi connectivity index (χ0) is 28.9. The van der Waals surface area contributed by atoms with Crippen molar-refractivity contribution in [3.8, 4) is 17.2 Å². The van der Waals surface area contributed by atoms with Crippen molar-refractivity contribution in [1.82, 2.24) is 5.43 Å². The summed E-state index contributed by atoms with van der Waals surface area (Å²) in [6.07, 6.45) is 3.31. The highest BCUT2D eigenvalue weighted by Gasteiger charge is 2.15. The number of para-hydroxylation sites is 1. The first-order valence-corrected chi connectivity index (χ1v) is 13.4. The summed E-state index contributed by atoms with van der Waals surface area (Å²) in [7, 11) is 1.44. The van der Waals surface area contributed by atoms with Crippen LogP contribution in [0.2, 0.25) is 5.02 Å². The third-order valence-electron chi connectivity index (χ3n) is 5.21. The molecule has 3 rings (SSSR count). The average Bonchev–Trinajstić information content (AvgIpc) is 2.94. The van der Waals surface area contributed by atoms with Gasteiger partial charge in [-0.15, -0.1) is 0 Å². The average molecular weight is 632 g/mol. The van der Waals surface area contributed by atoms with Gasteiger partial charge in [0.2, 0.25) is 0 Å². The molecule has 0 aliphatic heterocycles. The van der Waals surface area contributed by atoms with Gasteiger partial charge in [0, 0.05) is 5.69 Å². The molecule has 0 aliphatic carbocycles. The first-order valence-electron chi connectivity index (χ1n) is 12.2. The van der Waals surface area contributed by atoms with Crippen molar-refractivity contribution in [2.45, 2.75) is 19.8 Å². The molecule has 12 heteroatoms. The van der Waals surface area contributed by atoms with E-state index in [1.54, 1.807) is 60.7 Å². The summed E-state index contributed by atoms with van der Waals surface area (Å²) in [6, 6.07) is 16.8. The Morgan fingerprint density at radius 3 is 2.45 bits per heavy atom. The van der Waals surface area contributed by atoms with E-state index in [0.717, 1.165) is 12.8 Å². The minimum atomic E-state index is -0.949. The van der Waals surface area contributed by atoms with Gasteiger partial charge in [-0.25, -0.2) is 5.43 Å². The number of hydrazone groups is 1. The zero-order valence-corrected chi connectivity index (χ0v) is 24.2. The van der Waals surface area contributed by atoms with Gasteiger partial charge >= 0.3 is 11.8 Å². The molecule has 0 aliphatic rings. The number of ether oxygens (including phenoxy) is 3. The van der Waals surface area contributed by atoms with Crippen LogP contribution in [0.4, 0.5) is 11.4 Å². The van der Waals surface area contributed by atoms with E-state index < -0.39 is 17.7 Å². The van der Waals surface area contributed by atoms with Gasteiger partial charge in [-0.1, -0.05) is 37.1 Å². The Hall–Kier alpha value is -4.09. The molecule has 0 heterocycles. The number of carbonyl (C=O) groups excluding carboxylic acids is 3. The number of halogens is 2. The van der Waals surface area contributed by atoms with Crippen LogP contribution in [0.3, 0.4) is 0 Å². The van der Waals surface area contributed by atoms with Crippen molar-refractivity contribution in [2.24, 2.45) is 5.10 Å². The maximum absolute atomic E-state index is 12.3. The van der Waals surface area contributed by atoms with E-state index in [2.05, 4.69) is 44.0 Å². The topological polar surface area (TPSA) is 127 Å². The molecule has 40 heavy (non-hydrogen) atoms. The lowest BCUT2D eigenvalue weighted by Gasteiger charge is -2.14. The van der Waals surface area contributed by atoms with Crippen LogP contribution in [0.25, 0.3) is 0 Å². The van der Waals surface area contributed by atoms with E-state index in [9.17, 15) is 14.4 Å². The second-order valence-corrected chi connectivity index (χ2v) is 9.49. The van der Waals surface area contributed by atoms with E-state index in [0.29, 0.717) is 50.3 Å². The summed E-state index contributed by atoms with van der Waals surface area (Å²) >= 11 is 9.46. The summed E-state index contributed by atoms with van der Waals surface area (Å²) in [6.45, 7) is 2.39. The van der Waals surface area contributed by atoms with Crippen LogP contribution in [0, 0.1) is 0 Å². The van der Waals surface area contributed by atoms with Gasteiger partial charge in [-0.05, 0) is 76.4 Å². The van der Waals surface area contributed by atoms with Crippen molar-refractivity contribution in [2.75, 3.05) is 31.0 Å². The SMILES string of the molecule is CCCCOc1ccc(NC(=O)C(=O)N/N=C\c2cc(Br)c(OCC(=O)Nc3ccccc3Cl)c(OC)c2)cc1. The van der Waals surface area contributed by atoms with E-state index in [-0.39, 0.29) is 6.61 Å². The maximum atomic E-state index is 12.3. The number of hydrogen-bond acceptors (Lipinski definition) is 7. The molecule has 0 bridgehead atoms. The van der Waals surface area contributed by atoms with Crippen molar-refractivity contribution in [1.29, 1.82) is 0 Å². The number of rotatable bonds is 12. The molecular formula is C28H28BrClN4O6. The Bertz CT molecular complexity index is 1370. The van der Waals surface area contributed by atoms with Crippen LogP contribution in [-0.4, -0.2) is 44.3 Å². The Morgan fingerprint density at radius 2 is 1.75 bits per heavy atom. The normalized spacial score (nSPS) is 10.6. The van der Waals surface area contributed by atoms with Crippen molar-refractivity contribution < 1.29 is 28.6 Å². The molecule has 0 spiro atoms. The van der Waals surface area contributed by atoms with Gasteiger partial charge in [0.15, 0.2) is 18.1 Å². The Kier molecular flexibility index (Phi) is 11.8. The fourth-order valence-corrected chi connectivity index (χ4v) is 3.97. The molecular weight excluding hydrogens is 604 g/mol. The molecule has 0 radical (unpaired) electrons. The van der Waals surface area contributed by atoms with Gasteiger partial charge in [-0.3, -0.25) is 14.4 Å². The van der Waals surface area contributed by atoms with E-state index in [1.165, 1.54) is 13.3 Å². The van der Waals surface area contributed by atoms with Crippen molar-refractivity contribution >= 4 is 62.8 Å². The van der Waals surface area contributed by atoms with Crippen LogP contribution in [0.5, 0.6) is 17.2 Å². The molecule has 0 fully saturated rings. The molecule has 10 nitrogen and oxygen atoms in total. The highest BCUT2D eigenvalue weighted by molar-refractivity contribution is 9.10. The predicted molar refractivity (Wildman–Crippen MR) is 157 cm³/mol. The van der Waals surface area contributed by atoms with E-state index in [4.69, 9.17) is 25.8 Å². The smallest absolute Gasteiger partial charge is 0.329 e. The number of amides is 3. The molecule has 3 aromatic carbocycles.